The second-order valence-electron chi connectivity index (χ2n) is 5.37. The molecule has 0 aliphatic heterocycles. The number of carbonyl (C=O) groups excluding carboxylic acids is 1. The van der Waals surface area contributed by atoms with Crippen molar-refractivity contribution in [2.75, 3.05) is 23.3 Å². The number of hydrogen-bond donors (Lipinski definition) is 1. The lowest BCUT2D eigenvalue weighted by Crippen LogP contribution is -2.22. The van der Waals surface area contributed by atoms with E-state index in [4.69, 9.17) is 0 Å². The standard InChI is InChI=1S/C19H24N2O/c1-5-21(6-2)18-13-9-10-14(3)19(18)16-11-7-8-12-17(16)20-15(4)22/h7-13H,5-6H2,1-4H3,(H,20,22). The van der Waals surface area contributed by atoms with Crippen LogP contribution >= 0.6 is 0 Å². The lowest BCUT2D eigenvalue weighted by atomic mass is 9.96. The Kier molecular flexibility index (Phi) is 5.21. The molecule has 0 atom stereocenters. The summed E-state index contributed by atoms with van der Waals surface area (Å²) in [5, 5.41) is 2.94. The highest BCUT2D eigenvalue weighted by Crippen LogP contribution is 2.38. The molecular weight excluding hydrogens is 272 g/mol. The maximum atomic E-state index is 11.5. The van der Waals surface area contributed by atoms with Crippen LogP contribution < -0.4 is 10.2 Å². The van der Waals surface area contributed by atoms with E-state index in [0.717, 1.165) is 24.3 Å². The lowest BCUT2D eigenvalue weighted by Gasteiger charge is -2.26. The van der Waals surface area contributed by atoms with Gasteiger partial charge in [0.05, 0.1) is 0 Å². The van der Waals surface area contributed by atoms with Crippen molar-refractivity contribution in [1.82, 2.24) is 0 Å². The SMILES string of the molecule is CCN(CC)c1cccc(C)c1-c1ccccc1NC(C)=O. The maximum absolute atomic E-state index is 11.5. The third kappa shape index (κ3) is 3.30. The van der Waals surface area contributed by atoms with Gasteiger partial charge in [-0.25, -0.2) is 0 Å². The van der Waals surface area contributed by atoms with E-state index in [0.29, 0.717) is 0 Å². The highest BCUT2D eigenvalue weighted by Gasteiger charge is 2.15. The van der Waals surface area contributed by atoms with Crippen molar-refractivity contribution < 1.29 is 4.79 Å². The van der Waals surface area contributed by atoms with Gasteiger partial charge < -0.3 is 10.2 Å². The normalized spacial score (nSPS) is 10.4. The Morgan fingerprint density at radius 2 is 1.73 bits per heavy atom. The van der Waals surface area contributed by atoms with Crippen LogP contribution in [-0.2, 0) is 4.79 Å². The predicted octanol–water partition coefficient (Wildman–Crippen LogP) is 4.47. The van der Waals surface area contributed by atoms with Gasteiger partial charge in [-0.15, -0.1) is 0 Å². The van der Waals surface area contributed by atoms with Crippen molar-refractivity contribution in [2.24, 2.45) is 0 Å². The van der Waals surface area contributed by atoms with Crippen LogP contribution in [0.15, 0.2) is 42.5 Å². The van der Waals surface area contributed by atoms with Crippen LogP contribution in [0.25, 0.3) is 11.1 Å². The molecule has 2 aromatic rings. The number of carbonyl (C=O) groups is 1. The number of amides is 1. The minimum absolute atomic E-state index is 0.0505. The van der Waals surface area contributed by atoms with E-state index in [1.165, 1.54) is 16.8 Å². The molecule has 22 heavy (non-hydrogen) atoms. The number of anilines is 2. The number of rotatable bonds is 5. The molecule has 0 radical (unpaired) electrons. The third-order valence-corrected chi connectivity index (χ3v) is 3.86. The first kappa shape index (κ1) is 16.1. The Morgan fingerprint density at radius 3 is 2.36 bits per heavy atom. The van der Waals surface area contributed by atoms with Gasteiger partial charge in [-0.05, 0) is 38.5 Å². The van der Waals surface area contributed by atoms with Crippen LogP contribution in [-0.4, -0.2) is 19.0 Å². The Morgan fingerprint density at radius 1 is 1.05 bits per heavy atom. The van der Waals surface area contributed by atoms with Crippen LogP contribution in [0.1, 0.15) is 26.3 Å². The topological polar surface area (TPSA) is 32.3 Å². The Bertz CT molecular complexity index is 660. The average Bonchev–Trinajstić information content (AvgIpc) is 2.49. The first-order valence-electron chi connectivity index (χ1n) is 7.80. The van der Waals surface area contributed by atoms with Gasteiger partial charge in [-0.2, -0.15) is 0 Å². The molecule has 0 aromatic heterocycles. The second kappa shape index (κ2) is 7.12. The molecule has 116 valence electrons. The molecule has 0 saturated heterocycles. The zero-order chi connectivity index (χ0) is 16.1. The van der Waals surface area contributed by atoms with E-state index >= 15 is 0 Å². The first-order chi connectivity index (χ1) is 10.6. The molecule has 3 nitrogen and oxygen atoms in total. The molecule has 0 fully saturated rings. The minimum Gasteiger partial charge on any atom is -0.372 e. The predicted molar refractivity (Wildman–Crippen MR) is 94.5 cm³/mol. The highest BCUT2D eigenvalue weighted by atomic mass is 16.1. The van der Waals surface area contributed by atoms with Crippen LogP contribution in [0.4, 0.5) is 11.4 Å². The fraction of sp³-hybridized carbons (Fsp3) is 0.316. The van der Waals surface area contributed by atoms with Crippen molar-refractivity contribution in [2.45, 2.75) is 27.7 Å². The molecule has 1 N–H and O–H groups in total. The average molecular weight is 296 g/mol. The van der Waals surface area contributed by atoms with Gasteiger partial charge in [0.15, 0.2) is 0 Å². The molecule has 0 unspecified atom stereocenters. The van der Waals surface area contributed by atoms with Crippen LogP contribution in [0.3, 0.4) is 0 Å². The van der Waals surface area contributed by atoms with Crippen LogP contribution in [0.2, 0.25) is 0 Å². The smallest absolute Gasteiger partial charge is 0.221 e. The molecule has 0 saturated carbocycles. The monoisotopic (exact) mass is 296 g/mol. The summed E-state index contributed by atoms with van der Waals surface area (Å²) in [6, 6.07) is 14.3. The van der Waals surface area contributed by atoms with Crippen molar-refractivity contribution >= 4 is 17.3 Å². The summed E-state index contributed by atoms with van der Waals surface area (Å²) in [5.74, 6) is -0.0505. The van der Waals surface area contributed by atoms with Gasteiger partial charge >= 0.3 is 0 Å². The Hall–Kier alpha value is -2.29. The summed E-state index contributed by atoms with van der Waals surface area (Å²) in [6.07, 6.45) is 0. The summed E-state index contributed by atoms with van der Waals surface area (Å²) < 4.78 is 0. The number of nitrogens with zero attached hydrogens (tertiary/aromatic N) is 1. The maximum Gasteiger partial charge on any atom is 0.221 e. The number of nitrogens with one attached hydrogen (secondary N) is 1. The number of aryl methyl sites for hydroxylation is 1. The van der Waals surface area contributed by atoms with Crippen LogP contribution in [0.5, 0.6) is 0 Å². The van der Waals surface area contributed by atoms with E-state index in [1.54, 1.807) is 6.92 Å². The molecule has 0 aliphatic rings. The van der Waals surface area contributed by atoms with E-state index < -0.39 is 0 Å². The van der Waals surface area contributed by atoms with E-state index in [2.05, 4.69) is 55.3 Å². The fourth-order valence-corrected chi connectivity index (χ4v) is 2.83. The highest BCUT2D eigenvalue weighted by molar-refractivity contribution is 5.97. The van der Waals surface area contributed by atoms with E-state index in [-0.39, 0.29) is 5.91 Å². The number of para-hydroxylation sites is 1. The van der Waals surface area contributed by atoms with Crippen molar-refractivity contribution in [3.63, 3.8) is 0 Å². The molecule has 0 spiro atoms. The molecule has 0 aliphatic carbocycles. The van der Waals surface area contributed by atoms with Gasteiger partial charge in [-0.1, -0.05) is 30.3 Å². The first-order valence-corrected chi connectivity index (χ1v) is 7.80. The number of hydrogen-bond acceptors (Lipinski definition) is 2. The van der Waals surface area contributed by atoms with Gasteiger partial charge in [0.25, 0.3) is 0 Å². The summed E-state index contributed by atoms with van der Waals surface area (Å²) in [7, 11) is 0. The summed E-state index contributed by atoms with van der Waals surface area (Å²) >= 11 is 0. The van der Waals surface area contributed by atoms with Crippen LogP contribution in [0, 0.1) is 6.92 Å². The summed E-state index contributed by atoms with van der Waals surface area (Å²) in [5.41, 5.74) is 5.54. The minimum atomic E-state index is -0.0505. The third-order valence-electron chi connectivity index (χ3n) is 3.86. The second-order valence-corrected chi connectivity index (χ2v) is 5.37. The summed E-state index contributed by atoms with van der Waals surface area (Å²) in [4.78, 5) is 13.8. The van der Waals surface area contributed by atoms with E-state index in [1.807, 2.05) is 18.2 Å². The van der Waals surface area contributed by atoms with Crippen molar-refractivity contribution in [3.8, 4) is 11.1 Å². The lowest BCUT2D eigenvalue weighted by molar-refractivity contribution is -0.114. The molecule has 0 bridgehead atoms. The van der Waals surface area contributed by atoms with Gasteiger partial charge in [0, 0.05) is 42.5 Å². The molecule has 1 amide bonds. The van der Waals surface area contributed by atoms with Crippen molar-refractivity contribution in [1.29, 1.82) is 0 Å². The molecular formula is C19H24N2O. The molecule has 2 aromatic carbocycles. The zero-order valence-corrected chi connectivity index (χ0v) is 13.8. The summed E-state index contributed by atoms with van der Waals surface area (Å²) in [6.45, 7) is 9.89. The molecule has 0 heterocycles. The van der Waals surface area contributed by atoms with Gasteiger partial charge in [0.2, 0.25) is 5.91 Å². The molecule has 3 heteroatoms. The Balaban J connectivity index is 2.64. The largest absolute Gasteiger partial charge is 0.372 e. The van der Waals surface area contributed by atoms with Gasteiger partial charge in [-0.3, -0.25) is 4.79 Å². The van der Waals surface area contributed by atoms with E-state index in [9.17, 15) is 4.79 Å². The molecule has 2 rings (SSSR count). The zero-order valence-electron chi connectivity index (χ0n) is 13.8. The van der Waals surface area contributed by atoms with Gasteiger partial charge in [0.1, 0.15) is 0 Å². The fourth-order valence-electron chi connectivity index (χ4n) is 2.83. The quantitative estimate of drug-likeness (QED) is 0.883. The number of benzene rings is 2. The Labute approximate surface area is 133 Å². The van der Waals surface area contributed by atoms with Crippen molar-refractivity contribution in [3.05, 3.63) is 48.0 Å².